The molecule has 5 heteroatoms. The van der Waals surface area contributed by atoms with Gasteiger partial charge in [0.1, 0.15) is 5.69 Å². The third kappa shape index (κ3) is 3.59. The molecular weight excluding hydrogens is 270 g/mol. The number of hydrazine groups is 1. The molecule has 1 aromatic heterocycles. The van der Waals surface area contributed by atoms with Gasteiger partial charge in [0, 0.05) is 10.6 Å². The van der Waals surface area contributed by atoms with Crippen LogP contribution in [0.2, 0.25) is 0 Å². The lowest BCUT2D eigenvalue weighted by molar-refractivity contribution is 0.0948. The van der Waals surface area contributed by atoms with Gasteiger partial charge in [-0.05, 0) is 49.2 Å². The smallest absolute Gasteiger partial charge is 0.283 e. The largest absolute Gasteiger partial charge is 0.289 e. The average molecular weight is 287 g/mol. The summed E-state index contributed by atoms with van der Waals surface area (Å²) in [6.45, 7) is 4.20. The normalized spacial score (nSPS) is 10.3. The van der Waals surface area contributed by atoms with Crippen LogP contribution in [0.3, 0.4) is 0 Å². The minimum atomic E-state index is -0.372. The van der Waals surface area contributed by atoms with Crippen molar-refractivity contribution in [2.75, 3.05) is 0 Å². The quantitative estimate of drug-likeness (QED) is 0.392. The Labute approximate surface area is 122 Å². The molecule has 0 aliphatic heterocycles. The number of pyridine rings is 1. The second-order valence-electron chi connectivity index (χ2n) is 4.52. The Morgan fingerprint density at radius 2 is 2.05 bits per heavy atom. The highest BCUT2D eigenvalue weighted by atomic mass is 32.2. The van der Waals surface area contributed by atoms with Crippen LogP contribution in [0.15, 0.2) is 41.3 Å². The second kappa shape index (κ2) is 6.54. The molecule has 1 heterocycles. The van der Waals surface area contributed by atoms with Gasteiger partial charge in [-0.1, -0.05) is 12.1 Å². The molecule has 20 heavy (non-hydrogen) atoms. The van der Waals surface area contributed by atoms with Crippen molar-refractivity contribution in [1.29, 1.82) is 0 Å². The van der Waals surface area contributed by atoms with Crippen LogP contribution in [0.1, 0.15) is 27.3 Å². The third-order valence-electron chi connectivity index (χ3n) is 3.04. The highest BCUT2D eigenvalue weighted by Crippen LogP contribution is 2.24. The molecule has 1 aromatic carbocycles. The van der Waals surface area contributed by atoms with Gasteiger partial charge in [0.25, 0.3) is 5.91 Å². The van der Waals surface area contributed by atoms with Gasteiger partial charge in [0.05, 0.1) is 5.69 Å². The van der Waals surface area contributed by atoms with E-state index in [-0.39, 0.29) is 5.91 Å². The van der Waals surface area contributed by atoms with Gasteiger partial charge < -0.3 is 0 Å². The number of carbonyl (C=O) groups excluding carboxylic acids is 1. The van der Waals surface area contributed by atoms with E-state index < -0.39 is 0 Å². The fourth-order valence-electron chi connectivity index (χ4n) is 1.72. The van der Waals surface area contributed by atoms with E-state index in [2.05, 4.69) is 42.5 Å². The summed E-state index contributed by atoms with van der Waals surface area (Å²) in [5.74, 6) is 5.45. The summed E-state index contributed by atoms with van der Waals surface area (Å²) >= 11 is 1.70. The topological polar surface area (TPSA) is 68.0 Å². The molecule has 0 aliphatic carbocycles. The zero-order valence-corrected chi connectivity index (χ0v) is 12.3. The molecular formula is C15H17N3OS. The number of nitrogen functional groups attached to an aromatic ring is 1. The van der Waals surface area contributed by atoms with Crippen LogP contribution in [-0.2, 0) is 5.75 Å². The lowest BCUT2D eigenvalue weighted by Gasteiger charge is -2.06. The number of carbonyl (C=O) groups is 1. The minimum Gasteiger partial charge on any atom is -0.289 e. The van der Waals surface area contributed by atoms with Crippen LogP contribution in [0.5, 0.6) is 0 Å². The van der Waals surface area contributed by atoms with Crippen molar-refractivity contribution in [3.63, 3.8) is 0 Å². The van der Waals surface area contributed by atoms with Crippen LogP contribution in [0, 0.1) is 13.8 Å². The number of nitrogens with one attached hydrogen (secondary N) is 1. The van der Waals surface area contributed by atoms with E-state index in [1.165, 1.54) is 16.0 Å². The highest BCUT2D eigenvalue weighted by Gasteiger charge is 2.06. The summed E-state index contributed by atoms with van der Waals surface area (Å²) in [5.41, 5.74) is 5.85. The summed E-state index contributed by atoms with van der Waals surface area (Å²) in [5, 5.41) is 0. The summed E-state index contributed by atoms with van der Waals surface area (Å²) in [7, 11) is 0. The van der Waals surface area contributed by atoms with Crippen molar-refractivity contribution < 1.29 is 4.79 Å². The van der Waals surface area contributed by atoms with Gasteiger partial charge >= 0.3 is 0 Å². The first-order valence-corrected chi connectivity index (χ1v) is 7.25. The van der Waals surface area contributed by atoms with Crippen molar-refractivity contribution in [3.05, 3.63) is 58.9 Å². The molecule has 2 aromatic rings. The number of aryl methyl sites for hydroxylation is 2. The Morgan fingerprint density at radius 1 is 1.25 bits per heavy atom. The van der Waals surface area contributed by atoms with E-state index in [1.54, 1.807) is 17.8 Å². The second-order valence-corrected chi connectivity index (χ2v) is 5.57. The number of hydrogen-bond acceptors (Lipinski definition) is 4. The first kappa shape index (κ1) is 14.6. The number of thioether (sulfide) groups is 1. The van der Waals surface area contributed by atoms with Gasteiger partial charge in [-0.25, -0.2) is 10.8 Å². The molecule has 1 amide bonds. The Hall–Kier alpha value is -1.85. The van der Waals surface area contributed by atoms with Gasteiger partial charge in [0.2, 0.25) is 0 Å². The number of nitrogens with two attached hydrogens (primary N) is 1. The molecule has 0 radical (unpaired) electrons. The number of aromatic nitrogens is 1. The maximum absolute atomic E-state index is 11.4. The number of amides is 1. The van der Waals surface area contributed by atoms with Crippen molar-refractivity contribution in [3.8, 4) is 0 Å². The Morgan fingerprint density at radius 3 is 2.75 bits per heavy atom. The lowest BCUT2D eigenvalue weighted by atomic mass is 10.1. The van der Waals surface area contributed by atoms with Crippen LogP contribution in [0.25, 0.3) is 0 Å². The number of benzene rings is 1. The highest BCUT2D eigenvalue weighted by molar-refractivity contribution is 7.98. The van der Waals surface area contributed by atoms with Crippen molar-refractivity contribution >= 4 is 17.7 Å². The third-order valence-corrected chi connectivity index (χ3v) is 4.06. The van der Waals surface area contributed by atoms with E-state index in [1.807, 2.05) is 12.1 Å². The molecule has 0 saturated carbocycles. The Kier molecular flexibility index (Phi) is 4.76. The summed E-state index contributed by atoms with van der Waals surface area (Å²) in [6, 6.07) is 11.7. The predicted molar refractivity (Wildman–Crippen MR) is 81.4 cm³/mol. The fraction of sp³-hybridized carbons (Fsp3) is 0.200. The molecule has 3 N–H and O–H groups in total. The Bertz CT molecular complexity index is 628. The van der Waals surface area contributed by atoms with Gasteiger partial charge in [-0.15, -0.1) is 11.8 Å². The first-order valence-electron chi connectivity index (χ1n) is 6.27. The van der Waals surface area contributed by atoms with Crippen molar-refractivity contribution in [2.45, 2.75) is 24.5 Å². The molecule has 0 bridgehead atoms. The lowest BCUT2D eigenvalue weighted by Crippen LogP contribution is -2.30. The zero-order valence-electron chi connectivity index (χ0n) is 11.5. The standard InChI is InChI=1S/C15H17N3OS/c1-10-6-7-13(8-11(10)2)20-9-12-4-3-5-14(17-12)15(19)18-16/h3-8H,9,16H2,1-2H3,(H,18,19). The molecule has 0 saturated heterocycles. The molecule has 4 nitrogen and oxygen atoms in total. The zero-order chi connectivity index (χ0) is 14.5. The molecule has 2 rings (SSSR count). The van der Waals surface area contributed by atoms with Gasteiger partial charge in [0.15, 0.2) is 0 Å². The van der Waals surface area contributed by atoms with Crippen molar-refractivity contribution in [1.82, 2.24) is 10.4 Å². The van der Waals surface area contributed by atoms with Crippen LogP contribution in [-0.4, -0.2) is 10.9 Å². The maximum atomic E-state index is 11.4. The van der Waals surface area contributed by atoms with Gasteiger partial charge in [-0.3, -0.25) is 10.2 Å². The Balaban J connectivity index is 2.07. The van der Waals surface area contributed by atoms with Crippen LogP contribution >= 0.6 is 11.8 Å². The van der Waals surface area contributed by atoms with Crippen LogP contribution in [0.4, 0.5) is 0 Å². The van der Waals surface area contributed by atoms with E-state index in [0.717, 1.165) is 5.69 Å². The van der Waals surface area contributed by atoms with Crippen molar-refractivity contribution in [2.24, 2.45) is 5.84 Å². The molecule has 0 fully saturated rings. The SMILES string of the molecule is Cc1ccc(SCc2cccc(C(=O)NN)n2)cc1C. The molecule has 0 aliphatic rings. The molecule has 0 unspecified atom stereocenters. The van der Waals surface area contributed by atoms with E-state index in [4.69, 9.17) is 5.84 Å². The number of rotatable bonds is 4. The van der Waals surface area contributed by atoms with Gasteiger partial charge in [-0.2, -0.15) is 0 Å². The first-order chi connectivity index (χ1) is 9.60. The number of hydrogen-bond donors (Lipinski definition) is 2. The van der Waals surface area contributed by atoms with E-state index in [0.29, 0.717) is 11.4 Å². The summed E-state index contributed by atoms with van der Waals surface area (Å²) in [4.78, 5) is 16.9. The average Bonchev–Trinajstić information content (AvgIpc) is 2.48. The molecule has 0 spiro atoms. The number of nitrogens with zero attached hydrogens (tertiary/aromatic N) is 1. The minimum absolute atomic E-state index is 0.339. The molecule has 0 atom stereocenters. The monoisotopic (exact) mass is 287 g/mol. The predicted octanol–water partition coefficient (Wildman–Crippen LogP) is 2.59. The maximum Gasteiger partial charge on any atom is 0.283 e. The summed E-state index contributed by atoms with van der Waals surface area (Å²) in [6.07, 6.45) is 0. The van der Waals surface area contributed by atoms with E-state index in [9.17, 15) is 4.79 Å². The molecule has 104 valence electrons. The summed E-state index contributed by atoms with van der Waals surface area (Å²) < 4.78 is 0. The van der Waals surface area contributed by atoms with E-state index >= 15 is 0 Å². The van der Waals surface area contributed by atoms with Crippen LogP contribution < -0.4 is 11.3 Å². The fourth-order valence-corrected chi connectivity index (χ4v) is 2.62.